The third-order valence-electron chi connectivity index (χ3n) is 3.48. The average Bonchev–Trinajstić information content (AvgIpc) is 2.52. The summed E-state index contributed by atoms with van der Waals surface area (Å²) in [7, 11) is 1.82. The van der Waals surface area contributed by atoms with Gasteiger partial charge < -0.3 is 5.11 Å². The maximum atomic E-state index is 11.0. The molecular weight excluding hydrogens is 290 g/mol. The van der Waals surface area contributed by atoms with Gasteiger partial charge in [-0.05, 0) is 28.1 Å². The van der Waals surface area contributed by atoms with Crippen molar-refractivity contribution < 1.29 is 5.11 Å². The van der Waals surface area contributed by atoms with Crippen LogP contribution in [0.2, 0.25) is 0 Å². The third-order valence-corrected chi connectivity index (χ3v) is 5.13. The van der Waals surface area contributed by atoms with Crippen molar-refractivity contribution in [3.05, 3.63) is 10.3 Å². The maximum absolute atomic E-state index is 11.0. The molecule has 1 unspecified atom stereocenters. The highest BCUT2D eigenvalue weighted by molar-refractivity contribution is 9.10. The Morgan fingerprint density at radius 1 is 1.50 bits per heavy atom. The minimum Gasteiger partial charge on any atom is -0.382 e. The number of hydrogen-bond donors (Lipinski definition) is 1. The fourth-order valence-electron chi connectivity index (χ4n) is 2.11. The van der Waals surface area contributed by atoms with Gasteiger partial charge in [-0.3, -0.25) is 0 Å². The zero-order valence-electron chi connectivity index (χ0n) is 9.70. The summed E-state index contributed by atoms with van der Waals surface area (Å²) in [6.07, 6.45) is 0.992. The van der Waals surface area contributed by atoms with E-state index in [0.29, 0.717) is 10.4 Å². The molecule has 1 atom stereocenters. The fourth-order valence-corrected chi connectivity index (χ4v) is 4.39. The number of thioether (sulfide) groups is 1. The van der Waals surface area contributed by atoms with Crippen LogP contribution < -0.4 is 0 Å². The Morgan fingerprint density at radius 2 is 2.19 bits per heavy atom. The largest absolute Gasteiger partial charge is 0.382 e. The lowest BCUT2D eigenvalue weighted by atomic mass is 9.72. The minimum absolute atomic E-state index is 0.157. The normalized spacial score (nSPS) is 29.3. The van der Waals surface area contributed by atoms with E-state index in [0.717, 1.165) is 17.9 Å². The molecule has 1 aromatic heterocycles. The van der Waals surface area contributed by atoms with Gasteiger partial charge in [-0.1, -0.05) is 19.1 Å². The first kappa shape index (κ1) is 12.4. The van der Waals surface area contributed by atoms with Gasteiger partial charge in [-0.25, -0.2) is 4.68 Å². The van der Waals surface area contributed by atoms with Gasteiger partial charge in [0.2, 0.25) is 0 Å². The Bertz CT molecular complexity index is 387. The number of aromatic nitrogens is 3. The quantitative estimate of drug-likeness (QED) is 0.861. The summed E-state index contributed by atoms with van der Waals surface area (Å²) in [5.41, 5.74) is -0.242. The highest BCUT2D eigenvalue weighted by atomic mass is 79.9. The average molecular weight is 306 g/mol. The molecule has 1 aliphatic rings. The van der Waals surface area contributed by atoms with Crippen LogP contribution in [0.25, 0.3) is 0 Å². The molecule has 2 rings (SSSR count). The smallest absolute Gasteiger partial charge is 0.154 e. The first-order valence-electron chi connectivity index (χ1n) is 5.24. The molecule has 1 saturated heterocycles. The second kappa shape index (κ2) is 3.99. The molecule has 0 amide bonds. The van der Waals surface area contributed by atoms with Gasteiger partial charge in [0.1, 0.15) is 11.3 Å². The fraction of sp³-hybridized carbons (Fsp3) is 0.800. The molecule has 1 N–H and O–H groups in total. The van der Waals surface area contributed by atoms with Gasteiger partial charge in [-0.2, -0.15) is 11.8 Å². The van der Waals surface area contributed by atoms with Crippen molar-refractivity contribution in [1.29, 1.82) is 0 Å². The van der Waals surface area contributed by atoms with Crippen LogP contribution in [-0.4, -0.2) is 31.6 Å². The molecule has 1 aliphatic heterocycles. The van der Waals surface area contributed by atoms with Gasteiger partial charge >= 0.3 is 0 Å². The van der Waals surface area contributed by atoms with Crippen LogP contribution in [0, 0.1) is 5.41 Å². The molecule has 0 aromatic carbocycles. The van der Waals surface area contributed by atoms with Crippen LogP contribution in [0.4, 0.5) is 0 Å². The lowest BCUT2D eigenvalue weighted by Crippen LogP contribution is -2.48. The van der Waals surface area contributed by atoms with Crippen molar-refractivity contribution in [2.75, 3.05) is 11.5 Å². The van der Waals surface area contributed by atoms with E-state index in [1.807, 2.05) is 7.05 Å². The summed E-state index contributed by atoms with van der Waals surface area (Å²) in [6, 6.07) is 0. The number of aliphatic hydroxyl groups is 1. The van der Waals surface area contributed by atoms with E-state index in [1.54, 1.807) is 16.4 Å². The van der Waals surface area contributed by atoms with Crippen molar-refractivity contribution >= 4 is 27.7 Å². The number of aryl methyl sites for hydroxylation is 1. The summed E-state index contributed by atoms with van der Waals surface area (Å²) in [6.45, 7) is 4.21. The van der Waals surface area contributed by atoms with Crippen molar-refractivity contribution in [3.63, 3.8) is 0 Å². The van der Waals surface area contributed by atoms with Gasteiger partial charge in [0.05, 0.1) is 0 Å². The van der Waals surface area contributed by atoms with Crippen molar-refractivity contribution in [1.82, 2.24) is 15.0 Å². The number of nitrogens with zero attached hydrogens (tertiary/aromatic N) is 3. The molecule has 1 aromatic rings. The lowest BCUT2D eigenvalue weighted by Gasteiger charge is -2.45. The van der Waals surface area contributed by atoms with Crippen LogP contribution in [-0.2, 0) is 12.6 Å². The van der Waals surface area contributed by atoms with Crippen LogP contribution in [0.3, 0.4) is 0 Å². The Morgan fingerprint density at radius 3 is 2.69 bits per heavy atom. The molecule has 2 heterocycles. The van der Waals surface area contributed by atoms with Crippen molar-refractivity contribution in [2.24, 2.45) is 12.5 Å². The first-order chi connectivity index (χ1) is 7.38. The first-order valence-corrected chi connectivity index (χ1v) is 7.19. The molecule has 4 nitrogen and oxygen atoms in total. The molecular formula is C10H16BrN3OS. The van der Waals surface area contributed by atoms with Crippen LogP contribution in [0.5, 0.6) is 0 Å². The molecule has 0 radical (unpaired) electrons. The van der Waals surface area contributed by atoms with Gasteiger partial charge in [0, 0.05) is 18.2 Å². The van der Waals surface area contributed by atoms with Gasteiger partial charge in [0.15, 0.2) is 4.60 Å². The molecule has 90 valence electrons. The van der Waals surface area contributed by atoms with E-state index in [4.69, 9.17) is 0 Å². The van der Waals surface area contributed by atoms with Crippen molar-refractivity contribution in [2.45, 2.75) is 25.9 Å². The summed E-state index contributed by atoms with van der Waals surface area (Å²) >= 11 is 5.16. The SMILES string of the molecule is Cn1nnc(Br)c1C1(O)CSCCC1(C)C. The number of rotatable bonds is 1. The lowest BCUT2D eigenvalue weighted by molar-refractivity contribution is -0.0646. The molecule has 0 bridgehead atoms. The number of halogens is 1. The van der Waals surface area contributed by atoms with Crippen molar-refractivity contribution in [3.8, 4) is 0 Å². The summed E-state index contributed by atoms with van der Waals surface area (Å²) in [5, 5.41) is 18.9. The monoisotopic (exact) mass is 305 g/mol. The molecule has 6 heteroatoms. The summed E-state index contributed by atoms with van der Waals surface area (Å²) in [4.78, 5) is 0. The standard InChI is InChI=1S/C10H16BrN3OS/c1-9(2)4-5-16-6-10(9,15)7-8(11)12-13-14(7)3/h15H,4-6H2,1-3H3. The third kappa shape index (κ3) is 1.71. The Labute approximate surface area is 108 Å². The second-order valence-electron chi connectivity index (χ2n) is 4.90. The maximum Gasteiger partial charge on any atom is 0.154 e. The molecule has 16 heavy (non-hydrogen) atoms. The van der Waals surface area contributed by atoms with Crippen LogP contribution >= 0.6 is 27.7 Å². The van der Waals surface area contributed by atoms with E-state index in [9.17, 15) is 5.11 Å². The van der Waals surface area contributed by atoms with Crippen LogP contribution in [0.1, 0.15) is 26.0 Å². The van der Waals surface area contributed by atoms with Gasteiger partial charge in [0.25, 0.3) is 0 Å². The summed E-state index contributed by atoms with van der Waals surface area (Å²) < 4.78 is 2.31. The predicted molar refractivity (Wildman–Crippen MR) is 68.3 cm³/mol. The predicted octanol–water partition coefficient (Wildman–Crippen LogP) is 1.93. The zero-order chi connectivity index (χ0) is 12.0. The van der Waals surface area contributed by atoms with E-state index >= 15 is 0 Å². The Balaban J connectivity index is 2.52. The van der Waals surface area contributed by atoms with E-state index < -0.39 is 5.60 Å². The zero-order valence-corrected chi connectivity index (χ0v) is 12.1. The highest BCUT2D eigenvalue weighted by Crippen LogP contribution is 2.49. The molecule has 1 fully saturated rings. The summed E-state index contributed by atoms with van der Waals surface area (Å²) in [5.74, 6) is 1.79. The molecule has 0 saturated carbocycles. The van der Waals surface area contributed by atoms with E-state index in [1.165, 1.54) is 0 Å². The van der Waals surface area contributed by atoms with E-state index in [2.05, 4.69) is 40.1 Å². The highest BCUT2D eigenvalue weighted by Gasteiger charge is 2.50. The molecule has 0 aliphatic carbocycles. The Hall–Kier alpha value is -0.0700. The second-order valence-corrected chi connectivity index (χ2v) is 6.76. The number of hydrogen-bond acceptors (Lipinski definition) is 4. The van der Waals surface area contributed by atoms with Gasteiger partial charge in [-0.15, -0.1) is 5.10 Å². The minimum atomic E-state index is -0.868. The topological polar surface area (TPSA) is 50.9 Å². The molecule has 0 spiro atoms. The Kier molecular flexibility index (Phi) is 3.09. The van der Waals surface area contributed by atoms with Crippen LogP contribution in [0.15, 0.2) is 4.60 Å². The van der Waals surface area contributed by atoms with E-state index in [-0.39, 0.29) is 5.41 Å².